The summed E-state index contributed by atoms with van der Waals surface area (Å²) in [4.78, 5) is 27.1. The van der Waals surface area contributed by atoms with Crippen LogP contribution in [0.15, 0.2) is 70.5 Å². The normalized spacial score (nSPS) is 14.1. The quantitative estimate of drug-likeness (QED) is 0.290. The van der Waals surface area contributed by atoms with Crippen LogP contribution in [-0.2, 0) is 25.9 Å². The Morgan fingerprint density at radius 2 is 1.30 bits per heavy atom. The molecule has 0 atom stereocenters. The van der Waals surface area contributed by atoms with Crippen LogP contribution >= 0.6 is 22.6 Å². The van der Waals surface area contributed by atoms with Gasteiger partial charge in [-0.3, -0.25) is 4.79 Å². The third-order valence-corrected chi connectivity index (χ3v) is 9.57. The smallest absolute Gasteiger partial charge is 0.416 e. The number of nitrogens with two attached hydrogens (primary N) is 1. The number of rotatable bonds is 5. The van der Waals surface area contributed by atoms with E-state index >= 15 is 0 Å². The van der Waals surface area contributed by atoms with Gasteiger partial charge in [-0.1, -0.05) is 0 Å². The zero-order chi connectivity index (χ0) is 32.3. The highest BCUT2D eigenvalue weighted by Crippen LogP contribution is 2.31. The van der Waals surface area contributed by atoms with Crippen molar-refractivity contribution in [3.63, 3.8) is 0 Å². The Bertz CT molecular complexity index is 1740. The molecule has 0 saturated carbocycles. The number of nitrogen functional groups attached to an aromatic ring is 1. The van der Waals surface area contributed by atoms with Gasteiger partial charge < -0.3 is 20.6 Å². The second kappa shape index (κ2) is 13.1. The number of benzene rings is 3. The Morgan fingerprint density at radius 3 is 1.77 bits per heavy atom. The molecule has 3 aromatic carbocycles. The van der Waals surface area contributed by atoms with Gasteiger partial charge in [-0.05, 0) is 83.3 Å². The molecule has 0 aliphatic carbocycles. The van der Waals surface area contributed by atoms with Crippen LogP contribution in [0.4, 0.5) is 24.5 Å². The maximum Gasteiger partial charge on any atom is 0.416 e. The fourth-order valence-corrected chi connectivity index (χ4v) is 5.91. The Labute approximate surface area is 260 Å². The average molecular weight is 754 g/mol. The molecular weight excluding hydrogens is 726 g/mol. The lowest BCUT2D eigenvalue weighted by molar-refractivity contribution is -0.137. The molecule has 0 unspecified atom stereocenters. The molecule has 1 heterocycles. The largest absolute Gasteiger partial charge is 0.478 e. The van der Waals surface area contributed by atoms with E-state index in [1.807, 2.05) is 27.5 Å². The average Bonchev–Trinajstić information content (AvgIpc) is 2.92. The van der Waals surface area contributed by atoms with Crippen molar-refractivity contribution in [1.29, 1.82) is 0 Å². The van der Waals surface area contributed by atoms with Crippen molar-refractivity contribution in [3.8, 4) is 0 Å². The Balaban J connectivity index is 0.000000303. The van der Waals surface area contributed by atoms with Gasteiger partial charge in [-0.25, -0.2) is 21.6 Å². The molecule has 1 aliphatic rings. The highest BCUT2D eigenvalue weighted by Gasteiger charge is 2.30. The monoisotopic (exact) mass is 753 g/mol. The molecule has 43 heavy (non-hydrogen) atoms. The number of carboxylic acids is 1. The number of halogens is 4. The minimum atomic E-state index is -4.37. The summed E-state index contributed by atoms with van der Waals surface area (Å²) in [5, 5.41) is 8.68. The van der Waals surface area contributed by atoms with E-state index in [-0.39, 0.29) is 26.9 Å². The second-order valence-electron chi connectivity index (χ2n) is 9.56. The summed E-state index contributed by atoms with van der Waals surface area (Å²) in [6.07, 6.45) is -2.28. The number of sulfone groups is 2. The van der Waals surface area contributed by atoms with Crippen molar-refractivity contribution in [1.82, 2.24) is 4.90 Å². The van der Waals surface area contributed by atoms with E-state index in [1.165, 1.54) is 36.4 Å². The number of carbonyl (C=O) groups is 2. The van der Waals surface area contributed by atoms with Crippen LogP contribution < -0.4 is 10.6 Å². The molecule has 3 aromatic rings. The van der Waals surface area contributed by atoms with Crippen molar-refractivity contribution in [3.05, 3.63) is 80.9 Å². The van der Waals surface area contributed by atoms with Crippen LogP contribution in [0.2, 0.25) is 0 Å². The third-order valence-electron chi connectivity index (χ3n) is 6.41. The Morgan fingerprint density at radius 1 is 0.814 bits per heavy atom. The van der Waals surface area contributed by atoms with E-state index in [1.54, 1.807) is 11.0 Å². The van der Waals surface area contributed by atoms with Crippen molar-refractivity contribution in [2.75, 3.05) is 49.3 Å². The highest BCUT2D eigenvalue weighted by atomic mass is 127. The van der Waals surface area contributed by atoms with Gasteiger partial charge in [0.25, 0.3) is 5.91 Å². The van der Waals surface area contributed by atoms with E-state index in [2.05, 4.69) is 0 Å². The number of anilines is 2. The number of hydrogen-bond donors (Lipinski definition) is 2. The fraction of sp³-hybridized carbons (Fsp3) is 0.259. The van der Waals surface area contributed by atoms with E-state index in [0.717, 1.165) is 30.7 Å². The zero-order valence-electron chi connectivity index (χ0n) is 22.8. The first kappa shape index (κ1) is 34.1. The molecule has 0 spiro atoms. The minimum absolute atomic E-state index is 0.0462. The number of alkyl halides is 3. The molecule has 1 amide bonds. The number of hydrogen-bond acceptors (Lipinski definition) is 8. The van der Waals surface area contributed by atoms with Crippen LogP contribution in [0.5, 0.6) is 0 Å². The summed E-state index contributed by atoms with van der Waals surface area (Å²) < 4.78 is 84.5. The molecule has 0 radical (unpaired) electrons. The number of aromatic carboxylic acids is 1. The van der Waals surface area contributed by atoms with Crippen molar-refractivity contribution in [2.45, 2.75) is 16.0 Å². The number of amides is 1. The summed E-state index contributed by atoms with van der Waals surface area (Å²) in [5.74, 6) is -1.50. The topological polar surface area (TPSA) is 155 Å². The first-order chi connectivity index (χ1) is 19.8. The van der Waals surface area contributed by atoms with Crippen molar-refractivity contribution < 1.29 is 44.7 Å². The maximum atomic E-state index is 12.9. The van der Waals surface area contributed by atoms with Gasteiger partial charge in [0.05, 0.1) is 26.5 Å². The third kappa shape index (κ3) is 8.82. The maximum absolute atomic E-state index is 12.9. The van der Waals surface area contributed by atoms with Crippen molar-refractivity contribution in [2.24, 2.45) is 0 Å². The van der Waals surface area contributed by atoms with Crippen LogP contribution in [0.25, 0.3) is 0 Å². The molecule has 0 bridgehead atoms. The molecular formula is C27H27F3IN3O7S2. The summed E-state index contributed by atoms with van der Waals surface area (Å²) in [6, 6.07) is 13.0. The van der Waals surface area contributed by atoms with E-state index in [9.17, 15) is 39.6 Å². The lowest BCUT2D eigenvalue weighted by Crippen LogP contribution is -2.49. The Hall–Kier alpha value is -3.38. The van der Waals surface area contributed by atoms with E-state index < -0.39 is 37.4 Å². The molecule has 1 fully saturated rings. The molecule has 1 saturated heterocycles. The predicted octanol–water partition coefficient (Wildman–Crippen LogP) is 4.05. The van der Waals surface area contributed by atoms with Crippen LogP contribution in [0.3, 0.4) is 0 Å². The van der Waals surface area contributed by atoms with Crippen molar-refractivity contribution >= 4 is 65.5 Å². The lowest BCUT2D eigenvalue weighted by Gasteiger charge is -2.36. The molecule has 232 valence electrons. The first-order valence-corrected chi connectivity index (χ1v) is 17.2. The van der Waals surface area contributed by atoms with Crippen LogP contribution in [0.1, 0.15) is 26.3 Å². The Kier molecular flexibility index (Phi) is 10.4. The van der Waals surface area contributed by atoms with Crippen LogP contribution in [-0.4, -0.2) is 77.4 Å². The lowest BCUT2D eigenvalue weighted by atomic mass is 10.1. The number of nitrogens with zero attached hydrogens (tertiary/aromatic N) is 2. The molecule has 10 nitrogen and oxygen atoms in total. The van der Waals surface area contributed by atoms with Gasteiger partial charge in [0.15, 0.2) is 19.7 Å². The summed E-state index contributed by atoms with van der Waals surface area (Å²) >= 11 is 1.99. The molecule has 3 N–H and O–H groups in total. The van der Waals surface area contributed by atoms with Gasteiger partial charge in [0.2, 0.25) is 0 Å². The molecule has 0 aromatic heterocycles. The number of piperazine rings is 1. The standard InChI is InChI=1S/C19H18F3IN2O3S.C8H9NO4S/c1-29(27,28)15-6-7-17(23)16(12-15)18(26)25-10-8-24(9-11-25)14-4-2-13(3-5-14)19(20,21)22;1-14(12,13)5-2-3-7(9)6(4-5)8(10)11/h2-7,12H,8-11H2,1H3;2-4H,9H2,1H3,(H,10,11). The molecule has 16 heteroatoms. The van der Waals surface area contributed by atoms with Gasteiger partial charge >= 0.3 is 12.1 Å². The van der Waals surface area contributed by atoms with Crippen LogP contribution in [0, 0.1) is 3.57 Å². The molecule has 4 rings (SSSR count). The van der Waals surface area contributed by atoms with Gasteiger partial charge in [0, 0.05) is 53.6 Å². The SMILES string of the molecule is CS(=O)(=O)c1ccc(I)c(C(=O)N2CCN(c3ccc(C(F)(F)F)cc3)CC2)c1.CS(=O)(=O)c1ccc(N)c(C(=O)O)c1. The van der Waals surface area contributed by atoms with E-state index in [0.29, 0.717) is 41.0 Å². The zero-order valence-corrected chi connectivity index (χ0v) is 26.6. The minimum Gasteiger partial charge on any atom is -0.478 e. The fourth-order valence-electron chi connectivity index (χ4n) is 4.05. The first-order valence-electron chi connectivity index (χ1n) is 12.3. The summed E-state index contributed by atoms with van der Waals surface area (Å²) in [6.45, 7) is 1.72. The highest BCUT2D eigenvalue weighted by molar-refractivity contribution is 14.1. The van der Waals surface area contributed by atoms with E-state index in [4.69, 9.17) is 10.8 Å². The predicted molar refractivity (Wildman–Crippen MR) is 163 cm³/mol. The van der Waals surface area contributed by atoms with Gasteiger partial charge in [-0.15, -0.1) is 0 Å². The summed E-state index contributed by atoms with van der Waals surface area (Å²) in [7, 11) is -6.82. The van der Waals surface area contributed by atoms with Gasteiger partial charge in [-0.2, -0.15) is 13.2 Å². The summed E-state index contributed by atoms with van der Waals surface area (Å²) in [5.41, 5.74) is 5.50. The number of carbonyl (C=O) groups excluding carboxylic acids is 1. The van der Waals surface area contributed by atoms with Gasteiger partial charge in [0.1, 0.15) is 0 Å². The second-order valence-corrected chi connectivity index (χ2v) is 14.8. The number of carboxylic acid groups (broad SMARTS) is 1. The molecule has 1 aliphatic heterocycles.